The Morgan fingerprint density at radius 3 is 2.19 bits per heavy atom. The van der Waals surface area contributed by atoms with Gasteiger partial charge in [-0.2, -0.15) is 13.2 Å². The molecular weight excluding hydrogens is 309 g/mol. The number of phenols is 1. The van der Waals surface area contributed by atoms with Gasteiger partial charge < -0.3 is 10.2 Å². The van der Waals surface area contributed by atoms with E-state index in [2.05, 4.69) is 0 Å². The molecule has 21 heavy (non-hydrogen) atoms. The van der Waals surface area contributed by atoms with Crippen LogP contribution in [0.1, 0.15) is 43.2 Å². The minimum absolute atomic E-state index is 0.107. The van der Waals surface area contributed by atoms with Crippen LogP contribution in [0.25, 0.3) is 0 Å². The van der Waals surface area contributed by atoms with Crippen molar-refractivity contribution in [2.45, 2.75) is 43.7 Å². The molecular formula is C14H14ClF3O3. The van der Waals surface area contributed by atoms with E-state index in [0.29, 0.717) is 25.0 Å². The van der Waals surface area contributed by atoms with Gasteiger partial charge in [-0.05, 0) is 25.0 Å². The first-order valence-corrected chi connectivity index (χ1v) is 6.90. The molecule has 0 aromatic heterocycles. The van der Waals surface area contributed by atoms with Crippen molar-refractivity contribution >= 4 is 17.6 Å². The lowest BCUT2D eigenvalue weighted by Gasteiger charge is -2.34. The summed E-state index contributed by atoms with van der Waals surface area (Å²) in [4.78, 5) is 11.7. The van der Waals surface area contributed by atoms with Gasteiger partial charge in [0.2, 0.25) is 0 Å². The fraction of sp³-hybridized carbons (Fsp3) is 0.500. The number of carboxylic acid groups (broad SMARTS) is 1. The van der Waals surface area contributed by atoms with E-state index in [9.17, 15) is 28.2 Å². The van der Waals surface area contributed by atoms with E-state index >= 15 is 0 Å². The zero-order chi connectivity index (χ0) is 15.8. The molecule has 0 radical (unpaired) electrons. The lowest BCUT2D eigenvalue weighted by Crippen LogP contribution is -2.38. The van der Waals surface area contributed by atoms with Crippen LogP contribution in [0.2, 0.25) is 5.02 Å². The van der Waals surface area contributed by atoms with E-state index in [1.54, 1.807) is 0 Å². The highest BCUT2D eigenvalue weighted by Gasteiger charge is 2.45. The number of halogens is 4. The number of rotatable bonds is 2. The highest BCUT2D eigenvalue weighted by Crippen LogP contribution is 2.48. The number of carbonyl (C=O) groups is 1. The Bertz CT molecular complexity index is 540. The van der Waals surface area contributed by atoms with Gasteiger partial charge in [-0.25, -0.2) is 0 Å². The van der Waals surface area contributed by atoms with Gasteiger partial charge in [-0.3, -0.25) is 4.79 Å². The molecule has 2 rings (SSSR count). The van der Waals surface area contributed by atoms with E-state index in [1.807, 2.05) is 0 Å². The number of hydrogen-bond acceptors (Lipinski definition) is 2. The molecule has 0 atom stereocenters. The van der Waals surface area contributed by atoms with Crippen LogP contribution in [0.15, 0.2) is 12.1 Å². The average Bonchev–Trinajstić information content (AvgIpc) is 2.37. The van der Waals surface area contributed by atoms with Crippen molar-refractivity contribution in [2.75, 3.05) is 0 Å². The van der Waals surface area contributed by atoms with Crippen molar-refractivity contribution in [3.63, 3.8) is 0 Å². The summed E-state index contributed by atoms with van der Waals surface area (Å²) in [5.41, 5.74) is -2.61. The smallest absolute Gasteiger partial charge is 0.416 e. The Kier molecular flexibility index (Phi) is 4.10. The normalized spacial score (nSPS) is 18.5. The maximum absolute atomic E-state index is 12.7. The molecule has 2 N–H and O–H groups in total. The second-order valence-corrected chi connectivity index (χ2v) is 5.71. The van der Waals surface area contributed by atoms with Crippen molar-refractivity contribution in [3.05, 3.63) is 28.3 Å². The van der Waals surface area contributed by atoms with Crippen molar-refractivity contribution in [1.82, 2.24) is 0 Å². The minimum atomic E-state index is -4.65. The predicted molar refractivity (Wildman–Crippen MR) is 70.5 cm³/mol. The number of alkyl halides is 3. The molecule has 0 saturated heterocycles. The minimum Gasteiger partial charge on any atom is -0.508 e. The summed E-state index contributed by atoms with van der Waals surface area (Å²) in [6.45, 7) is 0. The monoisotopic (exact) mass is 322 g/mol. The Labute approximate surface area is 124 Å². The second-order valence-electron chi connectivity index (χ2n) is 5.30. The van der Waals surface area contributed by atoms with Gasteiger partial charge in [-0.1, -0.05) is 30.9 Å². The van der Waals surface area contributed by atoms with Gasteiger partial charge in [0.05, 0.1) is 11.0 Å². The molecule has 7 heteroatoms. The highest BCUT2D eigenvalue weighted by atomic mass is 35.5. The van der Waals surface area contributed by atoms with Gasteiger partial charge in [0.15, 0.2) is 0 Å². The van der Waals surface area contributed by atoms with Crippen LogP contribution in [-0.2, 0) is 16.4 Å². The predicted octanol–water partition coefficient (Wildman–Crippen LogP) is 4.35. The van der Waals surface area contributed by atoms with Crippen molar-refractivity contribution < 1.29 is 28.2 Å². The molecule has 0 aliphatic heterocycles. The molecule has 1 saturated carbocycles. The lowest BCUT2D eigenvalue weighted by atomic mass is 9.69. The summed E-state index contributed by atoms with van der Waals surface area (Å²) in [7, 11) is 0. The Balaban J connectivity index is 2.60. The quantitative estimate of drug-likeness (QED) is 0.851. The molecule has 0 spiro atoms. The van der Waals surface area contributed by atoms with E-state index in [-0.39, 0.29) is 23.4 Å². The van der Waals surface area contributed by atoms with Gasteiger partial charge in [0.1, 0.15) is 5.75 Å². The number of aromatic hydroxyl groups is 1. The maximum Gasteiger partial charge on any atom is 0.416 e. The van der Waals surface area contributed by atoms with E-state index < -0.39 is 28.9 Å². The fourth-order valence-electron chi connectivity index (χ4n) is 2.96. The lowest BCUT2D eigenvalue weighted by molar-refractivity contribution is -0.145. The third-order valence-electron chi connectivity index (χ3n) is 3.99. The molecule has 0 bridgehead atoms. The number of hydrogen-bond donors (Lipinski definition) is 2. The van der Waals surface area contributed by atoms with Gasteiger partial charge in [-0.15, -0.1) is 0 Å². The van der Waals surface area contributed by atoms with Crippen LogP contribution < -0.4 is 0 Å². The van der Waals surface area contributed by atoms with E-state index in [4.69, 9.17) is 11.6 Å². The number of aliphatic carboxylic acids is 1. The zero-order valence-corrected chi connectivity index (χ0v) is 11.8. The molecule has 1 fully saturated rings. The summed E-state index contributed by atoms with van der Waals surface area (Å²) in [5, 5.41) is 19.1. The Hall–Kier alpha value is -1.43. The summed E-state index contributed by atoms with van der Waals surface area (Å²) >= 11 is 5.88. The topological polar surface area (TPSA) is 57.5 Å². The molecule has 3 nitrogen and oxygen atoms in total. The summed E-state index contributed by atoms with van der Waals surface area (Å²) in [5.74, 6) is -1.88. The van der Waals surface area contributed by atoms with Crippen LogP contribution in [0.5, 0.6) is 5.75 Å². The van der Waals surface area contributed by atoms with Crippen LogP contribution in [0.3, 0.4) is 0 Å². The molecule has 1 aliphatic rings. The first kappa shape index (κ1) is 15.9. The maximum atomic E-state index is 12.7. The number of phenolic OH excluding ortho intramolecular Hbond substituents is 1. The fourth-order valence-corrected chi connectivity index (χ4v) is 3.35. The first-order valence-electron chi connectivity index (χ1n) is 6.52. The van der Waals surface area contributed by atoms with Crippen molar-refractivity contribution in [1.29, 1.82) is 0 Å². The van der Waals surface area contributed by atoms with Crippen LogP contribution >= 0.6 is 11.6 Å². The Morgan fingerprint density at radius 2 is 1.76 bits per heavy atom. The SMILES string of the molecule is O=C(O)C1(c2c(O)cc(C(F)(F)F)cc2Cl)CCCCC1. The van der Waals surface area contributed by atoms with Crippen LogP contribution in [-0.4, -0.2) is 16.2 Å². The van der Waals surface area contributed by atoms with Crippen molar-refractivity contribution in [3.8, 4) is 5.75 Å². The summed E-state index contributed by atoms with van der Waals surface area (Å²) < 4.78 is 38.1. The number of carboxylic acids is 1. The van der Waals surface area contributed by atoms with Crippen LogP contribution in [0.4, 0.5) is 13.2 Å². The molecule has 1 aromatic rings. The molecule has 116 valence electrons. The molecule has 1 aromatic carbocycles. The average molecular weight is 323 g/mol. The number of benzene rings is 1. The summed E-state index contributed by atoms with van der Waals surface area (Å²) in [6.07, 6.45) is -2.04. The van der Waals surface area contributed by atoms with Crippen LogP contribution in [0, 0.1) is 0 Å². The van der Waals surface area contributed by atoms with Gasteiger partial charge in [0, 0.05) is 10.6 Å². The van der Waals surface area contributed by atoms with Crippen molar-refractivity contribution in [2.24, 2.45) is 0 Å². The molecule has 0 heterocycles. The van der Waals surface area contributed by atoms with Gasteiger partial charge >= 0.3 is 12.1 Å². The third-order valence-corrected chi connectivity index (χ3v) is 4.29. The van der Waals surface area contributed by atoms with Gasteiger partial charge in [0.25, 0.3) is 0 Å². The van der Waals surface area contributed by atoms with E-state index in [1.165, 1.54) is 0 Å². The highest BCUT2D eigenvalue weighted by molar-refractivity contribution is 6.32. The summed E-state index contributed by atoms with van der Waals surface area (Å²) in [6, 6.07) is 1.22. The second kappa shape index (κ2) is 5.40. The largest absolute Gasteiger partial charge is 0.508 e. The third kappa shape index (κ3) is 2.81. The standard InChI is InChI=1S/C14H14ClF3O3/c15-9-6-8(14(16,17)18)7-10(19)11(9)13(12(20)21)4-2-1-3-5-13/h6-7,19H,1-5H2,(H,20,21). The molecule has 0 unspecified atom stereocenters. The first-order chi connectivity index (χ1) is 9.68. The Morgan fingerprint density at radius 1 is 1.19 bits per heavy atom. The molecule has 1 aliphatic carbocycles. The van der Waals surface area contributed by atoms with E-state index in [0.717, 1.165) is 6.42 Å². The zero-order valence-electron chi connectivity index (χ0n) is 11.0. The molecule has 0 amide bonds.